The predicted octanol–water partition coefficient (Wildman–Crippen LogP) is 2.29. The number of aromatic hydroxyl groups is 3. The highest BCUT2D eigenvalue weighted by molar-refractivity contribution is 6.00. The van der Waals surface area contributed by atoms with Gasteiger partial charge in [0, 0.05) is 18.1 Å². The molecule has 1 unspecified atom stereocenters. The maximum absolute atomic E-state index is 12.2. The first-order chi connectivity index (χ1) is 11.1. The van der Waals surface area contributed by atoms with Crippen LogP contribution in [0.15, 0.2) is 24.8 Å². The lowest BCUT2D eigenvalue weighted by Crippen LogP contribution is -2.30. The Bertz CT molecular complexity index is 611. The van der Waals surface area contributed by atoms with E-state index in [0.29, 0.717) is 6.42 Å². The van der Waals surface area contributed by atoms with Crippen molar-refractivity contribution in [2.45, 2.75) is 38.9 Å². The number of carbonyl (C=O) groups is 2. The van der Waals surface area contributed by atoms with E-state index in [9.17, 15) is 24.9 Å². The third-order valence-electron chi connectivity index (χ3n) is 3.34. The van der Waals surface area contributed by atoms with Crippen molar-refractivity contribution in [1.29, 1.82) is 0 Å². The van der Waals surface area contributed by atoms with Crippen LogP contribution in [0.2, 0.25) is 0 Å². The fraction of sp³-hybridized carbons (Fsp3) is 0.412. The van der Waals surface area contributed by atoms with E-state index in [1.165, 1.54) is 6.92 Å². The molecule has 0 heterocycles. The van der Waals surface area contributed by atoms with E-state index in [1.807, 2.05) is 0 Å². The summed E-state index contributed by atoms with van der Waals surface area (Å²) < 4.78 is 10.6. The van der Waals surface area contributed by atoms with Gasteiger partial charge in [-0.2, -0.15) is 0 Å². The summed E-state index contributed by atoms with van der Waals surface area (Å²) in [6.07, 6.45) is 0.577. The fourth-order valence-electron chi connectivity index (χ4n) is 1.90. The van der Waals surface area contributed by atoms with E-state index in [-0.39, 0.29) is 12.2 Å². The molecular formula is C17H22O7. The van der Waals surface area contributed by atoms with Crippen LogP contribution in [0.5, 0.6) is 17.2 Å². The van der Waals surface area contributed by atoms with Crippen LogP contribution in [0.4, 0.5) is 0 Å². The largest absolute Gasteiger partial charge is 0.504 e. The van der Waals surface area contributed by atoms with Gasteiger partial charge in [-0.05, 0) is 32.9 Å². The summed E-state index contributed by atoms with van der Waals surface area (Å²) >= 11 is 0. The summed E-state index contributed by atoms with van der Waals surface area (Å²) in [4.78, 5) is 23.4. The molecule has 7 nitrogen and oxygen atoms in total. The van der Waals surface area contributed by atoms with Gasteiger partial charge < -0.3 is 24.8 Å². The van der Waals surface area contributed by atoms with Crippen LogP contribution in [-0.4, -0.2) is 45.4 Å². The van der Waals surface area contributed by atoms with Crippen LogP contribution in [0.3, 0.4) is 0 Å². The van der Waals surface area contributed by atoms with Gasteiger partial charge in [0.15, 0.2) is 23.0 Å². The number of rotatable bonds is 8. The van der Waals surface area contributed by atoms with Gasteiger partial charge in [0.25, 0.3) is 0 Å². The summed E-state index contributed by atoms with van der Waals surface area (Å²) in [5, 5.41) is 28.2. The number of Topliss-reactive ketones (excluding diaryl/α,β-unsaturated/α-hetero) is 1. The highest BCUT2D eigenvalue weighted by atomic mass is 16.6. The third kappa shape index (κ3) is 5.27. The molecule has 0 aliphatic heterocycles. The van der Waals surface area contributed by atoms with Gasteiger partial charge in [-0.25, -0.2) is 4.79 Å². The normalized spacial score (nSPS) is 12.5. The molecule has 0 bridgehead atoms. The molecule has 0 spiro atoms. The maximum Gasteiger partial charge on any atom is 0.330 e. The lowest BCUT2D eigenvalue weighted by atomic mass is 10.0. The van der Waals surface area contributed by atoms with Crippen molar-refractivity contribution < 1.29 is 34.4 Å². The lowest BCUT2D eigenvalue weighted by molar-refractivity contribution is -0.151. The molecule has 1 aromatic rings. The Morgan fingerprint density at radius 2 is 1.79 bits per heavy atom. The fourth-order valence-corrected chi connectivity index (χ4v) is 1.90. The molecule has 0 fully saturated rings. The topological polar surface area (TPSA) is 113 Å². The molecule has 0 amide bonds. The average Bonchev–Trinajstić information content (AvgIpc) is 2.50. The van der Waals surface area contributed by atoms with E-state index in [0.717, 1.165) is 18.2 Å². The first-order valence-electron chi connectivity index (χ1n) is 7.33. The first kappa shape index (κ1) is 19.5. The minimum atomic E-state index is -0.848. The summed E-state index contributed by atoms with van der Waals surface area (Å²) in [5.74, 6) is -2.89. The Balaban J connectivity index is 2.62. The van der Waals surface area contributed by atoms with Crippen molar-refractivity contribution in [3.63, 3.8) is 0 Å². The van der Waals surface area contributed by atoms with Gasteiger partial charge in [-0.15, -0.1) is 0 Å². The average molecular weight is 338 g/mol. The number of ether oxygens (including phenoxy) is 2. The second kappa shape index (κ2) is 7.83. The number of carbonyl (C=O) groups excluding carboxylic acids is 2. The van der Waals surface area contributed by atoms with Crippen molar-refractivity contribution in [2.75, 3.05) is 6.61 Å². The smallest absolute Gasteiger partial charge is 0.330 e. The quantitative estimate of drug-likeness (QED) is 0.288. The highest BCUT2D eigenvalue weighted by Gasteiger charge is 2.24. The van der Waals surface area contributed by atoms with E-state index < -0.39 is 40.7 Å². The van der Waals surface area contributed by atoms with Gasteiger partial charge in [-0.3, -0.25) is 4.79 Å². The molecule has 3 N–H and O–H groups in total. The number of hydrogen-bond acceptors (Lipinski definition) is 7. The number of phenols is 3. The molecule has 0 aromatic heterocycles. The van der Waals surface area contributed by atoms with Crippen LogP contribution in [0.1, 0.15) is 37.6 Å². The number of ketones is 1. The number of hydrogen-bond donors (Lipinski definition) is 3. The number of esters is 1. The Morgan fingerprint density at radius 1 is 1.25 bits per heavy atom. The molecule has 0 saturated carbocycles. The summed E-state index contributed by atoms with van der Waals surface area (Å²) in [6, 6.07) is 2.10. The van der Waals surface area contributed by atoms with Crippen LogP contribution in [0.25, 0.3) is 0 Å². The lowest BCUT2D eigenvalue weighted by Gasteiger charge is -2.25. The zero-order chi connectivity index (χ0) is 18.5. The van der Waals surface area contributed by atoms with Crippen molar-refractivity contribution in [1.82, 2.24) is 0 Å². The highest BCUT2D eigenvalue weighted by Crippen LogP contribution is 2.35. The van der Waals surface area contributed by atoms with E-state index in [2.05, 4.69) is 6.58 Å². The van der Waals surface area contributed by atoms with Crippen LogP contribution in [-0.2, 0) is 14.3 Å². The molecule has 1 atom stereocenters. The molecular weight excluding hydrogens is 316 g/mol. The maximum atomic E-state index is 12.2. The molecule has 0 saturated heterocycles. The third-order valence-corrected chi connectivity index (χ3v) is 3.34. The van der Waals surface area contributed by atoms with Gasteiger partial charge in [0.2, 0.25) is 0 Å². The zero-order valence-electron chi connectivity index (χ0n) is 13.9. The minimum Gasteiger partial charge on any atom is -0.504 e. The summed E-state index contributed by atoms with van der Waals surface area (Å²) in [7, 11) is 0. The molecule has 132 valence electrons. The Hall–Kier alpha value is -2.54. The second-order valence-electron chi connectivity index (χ2n) is 5.88. The predicted molar refractivity (Wildman–Crippen MR) is 86.2 cm³/mol. The van der Waals surface area contributed by atoms with Crippen LogP contribution < -0.4 is 0 Å². The number of phenolic OH excluding ortho intramolecular Hbond substituents is 3. The molecule has 0 radical (unpaired) electrons. The Morgan fingerprint density at radius 3 is 2.29 bits per heavy atom. The van der Waals surface area contributed by atoms with Gasteiger partial charge in [0.05, 0.1) is 6.61 Å². The van der Waals surface area contributed by atoms with E-state index in [4.69, 9.17) is 9.47 Å². The van der Waals surface area contributed by atoms with Crippen molar-refractivity contribution in [3.8, 4) is 17.2 Å². The molecule has 1 rings (SSSR count). The SMILES string of the molecule is C=CC(=O)OC(C)(C)CCOC(C)C(=O)c1cc(O)c(O)c(O)c1. The minimum absolute atomic E-state index is 0.00708. The summed E-state index contributed by atoms with van der Waals surface area (Å²) in [6.45, 7) is 8.41. The molecule has 24 heavy (non-hydrogen) atoms. The van der Waals surface area contributed by atoms with Crippen molar-refractivity contribution >= 4 is 11.8 Å². The van der Waals surface area contributed by atoms with Crippen LogP contribution >= 0.6 is 0 Å². The summed E-state index contributed by atoms with van der Waals surface area (Å²) in [5.41, 5.74) is -0.768. The number of benzene rings is 1. The van der Waals surface area contributed by atoms with Gasteiger partial charge in [-0.1, -0.05) is 6.58 Å². The standard InChI is InChI=1S/C17H22O7/c1-5-14(20)24-17(3,4)6-7-23-10(2)15(21)11-8-12(18)16(22)13(19)9-11/h5,8-10,18-19,22H,1,6-7H2,2-4H3. The van der Waals surface area contributed by atoms with Crippen molar-refractivity contribution in [2.24, 2.45) is 0 Å². The Labute approximate surface area is 140 Å². The van der Waals surface area contributed by atoms with Crippen LogP contribution in [0, 0.1) is 0 Å². The molecule has 1 aromatic carbocycles. The zero-order valence-corrected chi connectivity index (χ0v) is 13.9. The van der Waals surface area contributed by atoms with E-state index in [1.54, 1.807) is 13.8 Å². The van der Waals surface area contributed by atoms with Crippen molar-refractivity contribution in [3.05, 3.63) is 30.4 Å². The second-order valence-corrected chi connectivity index (χ2v) is 5.88. The first-order valence-corrected chi connectivity index (χ1v) is 7.33. The van der Waals surface area contributed by atoms with Gasteiger partial charge in [0.1, 0.15) is 11.7 Å². The Kier molecular flexibility index (Phi) is 6.36. The molecule has 0 aliphatic rings. The molecule has 0 aliphatic carbocycles. The van der Waals surface area contributed by atoms with E-state index >= 15 is 0 Å². The van der Waals surface area contributed by atoms with Gasteiger partial charge >= 0.3 is 5.97 Å². The molecule has 7 heteroatoms. The monoisotopic (exact) mass is 338 g/mol.